The van der Waals surface area contributed by atoms with Crippen LogP contribution in [0, 0.1) is 0 Å². The summed E-state index contributed by atoms with van der Waals surface area (Å²) in [5.41, 5.74) is 11.8. The van der Waals surface area contributed by atoms with Gasteiger partial charge in [0, 0.05) is 36.3 Å². The number of primary amides is 1. The van der Waals surface area contributed by atoms with Crippen molar-refractivity contribution >= 4 is 17.9 Å². The number of nitrogens with zero attached hydrogens (tertiary/aromatic N) is 2. The Morgan fingerprint density at radius 2 is 2.00 bits per heavy atom. The van der Waals surface area contributed by atoms with Gasteiger partial charge in [-0.25, -0.2) is 4.98 Å². The minimum absolute atomic E-state index is 0.415. The third-order valence-corrected chi connectivity index (χ3v) is 5.49. The molecule has 1 fully saturated rings. The molecule has 7 nitrogen and oxygen atoms in total. The molecule has 2 aliphatic rings. The number of aldehydes is 1. The number of furan rings is 1. The van der Waals surface area contributed by atoms with Crippen LogP contribution in [0.3, 0.4) is 0 Å². The van der Waals surface area contributed by atoms with E-state index < -0.39 is 5.91 Å². The van der Waals surface area contributed by atoms with Gasteiger partial charge in [0.25, 0.3) is 0 Å². The topological polar surface area (TPSA) is 98.7 Å². The monoisotopic (exact) mass is 389 g/mol. The van der Waals surface area contributed by atoms with Crippen molar-refractivity contribution in [2.45, 2.75) is 6.42 Å². The quantitative estimate of drug-likeness (QED) is 0.539. The predicted octanol–water partition coefficient (Wildman–Crippen LogP) is 2.66. The molecule has 1 amide bonds. The highest BCUT2D eigenvalue weighted by Gasteiger charge is 2.27. The van der Waals surface area contributed by atoms with Crippen LogP contribution in [-0.2, 0) is 11.2 Å². The fraction of sp³-hybridized carbons (Fsp3) is 0.227. The molecule has 0 bridgehead atoms. The highest BCUT2D eigenvalue weighted by molar-refractivity contribution is 5.98. The zero-order chi connectivity index (χ0) is 20.0. The summed E-state index contributed by atoms with van der Waals surface area (Å²) in [4.78, 5) is 30.2. The number of rotatable bonds is 4. The van der Waals surface area contributed by atoms with E-state index in [1.54, 1.807) is 12.1 Å². The molecule has 29 heavy (non-hydrogen) atoms. The zero-order valence-corrected chi connectivity index (χ0v) is 15.7. The van der Waals surface area contributed by atoms with Gasteiger partial charge >= 0.3 is 0 Å². The molecule has 0 radical (unpaired) electrons. The van der Waals surface area contributed by atoms with E-state index in [2.05, 4.69) is 17.0 Å². The summed E-state index contributed by atoms with van der Waals surface area (Å²) in [6, 6.07) is 9.53. The Balaban J connectivity index is 1.59. The Labute approximate surface area is 167 Å². The number of benzene rings is 1. The van der Waals surface area contributed by atoms with E-state index in [-0.39, 0.29) is 0 Å². The third kappa shape index (κ3) is 3.00. The van der Waals surface area contributed by atoms with Crippen molar-refractivity contribution in [1.29, 1.82) is 0 Å². The molecule has 1 aliphatic heterocycles. The van der Waals surface area contributed by atoms with Crippen molar-refractivity contribution in [3.63, 3.8) is 0 Å². The average Bonchev–Trinajstić information content (AvgIpc) is 3.37. The third-order valence-electron chi connectivity index (χ3n) is 5.49. The van der Waals surface area contributed by atoms with Crippen LogP contribution in [-0.4, -0.2) is 43.5 Å². The summed E-state index contributed by atoms with van der Waals surface area (Å²) >= 11 is 0. The number of hydrogen-bond donors (Lipinski definition) is 1. The first-order chi connectivity index (χ1) is 14.1. The normalized spacial score (nSPS) is 15.1. The van der Waals surface area contributed by atoms with Gasteiger partial charge in [-0.2, -0.15) is 0 Å². The molecule has 1 aliphatic carbocycles. The van der Waals surface area contributed by atoms with Crippen LogP contribution < -0.4 is 10.6 Å². The first-order valence-electron chi connectivity index (χ1n) is 9.48. The fourth-order valence-electron chi connectivity index (χ4n) is 4.03. The lowest BCUT2D eigenvalue weighted by molar-refractivity contribution is 0.0999. The standard InChI is InChI=1S/C22H19N3O4/c23-22(27)18-10-19(20-7-13(11-26)12-29-20)24-21-16-2-1-15(8-14(16)9-17(18)21)25-3-5-28-6-4-25/h1-2,7-8,10-12H,3-6,9H2,(H2,23,27). The van der Waals surface area contributed by atoms with Gasteiger partial charge in [-0.05, 0) is 35.4 Å². The lowest BCUT2D eigenvalue weighted by Crippen LogP contribution is -2.36. The number of pyridine rings is 1. The molecule has 2 N–H and O–H groups in total. The summed E-state index contributed by atoms with van der Waals surface area (Å²) < 4.78 is 10.9. The Morgan fingerprint density at radius 1 is 1.17 bits per heavy atom. The van der Waals surface area contributed by atoms with Crippen molar-refractivity contribution in [3.05, 3.63) is 58.8 Å². The van der Waals surface area contributed by atoms with E-state index in [4.69, 9.17) is 19.9 Å². The molecular weight excluding hydrogens is 370 g/mol. The molecule has 5 rings (SSSR count). The van der Waals surface area contributed by atoms with Crippen LogP contribution in [0.5, 0.6) is 0 Å². The van der Waals surface area contributed by atoms with Gasteiger partial charge in [0.05, 0.1) is 24.5 Å². The molecule has 0 atom stereocenters. The minimum atomic E-state index is -0.506. The summed E-state index contributed by atoms with van der Waals surface area (Å²) in [7, 11) is 0. The fourth-order valence-corrected chi connectivity index (χ4v) is 4.03. The van der Waals surface area contributed by atoms with E-state index in [9.17, 15) is 9.59 Å². The first kappa shape index (κ1) is 17.6. The summed E-state index contributed by atoms with van der Waals surface area (Å²) in [5, 5.41) is 0. The number of morpholine rings is 1. The van der Waals surface area contributed by atoms with Crippen molar-refractivity contribution in [3.8, 4) is 22.7 Å². The summed E-state index contributed by atoms with van der Waals surface area (Å²) in [5.74, 6) is -0.0796. The van der Waals surface area contributed by atoms with Crippen LogP contribution in [0.1, 0.15) is 31.8 Å². The van der Waals surface area contributed by atoms with Crippen molar-refractivity contribution in [2.75, 3.05) is 31.2 Å². The Bertz CT molecular complexity index is 1130. The highest BCUT2D eigenvalue weighted by Crippen LogP contribution is 2.40. The van der Waals surface area contributed by atoms with E-state index in [0.717, 1.165) is 54.4 Å². The maximum atomic E-state index is 12.2. The van der Waals surface area contributed by atoms with E-state index in [1.165, 1.54) is 6.26 Å². The van der Waals surface area contributed by atoms with Gasteiger partial charge in [-0.15, -0.1) is 0 Å². The number of carbonyl (C=O) groups is 2. The first-order valence-corrected chi connectivity index (χ1v) is 9.48. The molecule has 3 heterocycles. The number of carbonyl (C=O) groups excluding carboxylic acids is 2. The van der Waals surface area contributed by atoms with Crippen molar-refractivity contribution in [2.24, 2.45) is 5.73 Å². The van der Waals surface area contributed by atoms with Gasteiger partial charge in [0.2, 0.25) is 5.91 Å². The molecular formula is C22H19N3O4. The summed E-state index contributed by atoms with van der Waals surface area (Å²) in [6.45, 7) is 3.16. The predicted molar refractivity (Wildman–Crippen MR) is 107 cm³/mol. The van der Waals surface area contributed by atoms with Gasteiger partial charge in [0.15, 0.2) is 12.0 Å². The van der Waals surface area contributed by atoms with Crippen LogP contribution in [0.2, 0.25) is 0 Å². The second kappa shape index (κ2) is 6.86. The average molecular weight is 389 g/mol. The Kier molecular flexibility index (Phi) is 4.17. The lowest BCUT2D eigenvalue weighted by atomic mass is 10.0. The zero-order valence-electron chi connectivity index (χ0n) is 15.7. The molecule has 0 saturated carbocycles. The lowest BCUT2D eigenvalue weighted by Gasteiger charge is -2.29. The number of nitrogens with two attached hydrogens (primary N) is 1. The highest BCUT2D eigenvalue weighted by atomic mass is 16.5. The minimum Gasteiger partial charge on any atom is -0.462 e. The SMILES string of the molecule is NC(=O)c1cc(-c2cc(C=O)co2)nc2c1Cc1cc(N3CCOCC3)ccc1-2. The largest absolute Gasteiger partial charge is 0.462 e. The number of aromatic nitrogens is 1. The van der Waals surface area contributed by atoms with E-state index in [0.29, 0.717) is 35.3 Å². The van der Waals surface area contributed by atoms with E-state index in [1.807, 2.05) is 6.07 Å². The number of ether oxygens (including phenoxy) is 1. The van der Waals surface area contributed by atoms with Gasteiger partial charge in [0.1, 0.15) is 12.0 Å². The number of fused-ring (bicyclic) bond motifs is 3. The second-order valence-corrected chi connectivity index (χ2v) is 7.23. The van der Waals surface area contributed by atoms with E-state index >= 15 is 0 Å². The van der Waals surface area contributed by atoms with Gasteiger partial charge in [-0.1, -0.05) is 6.07 Å². The number of anilines is 1. The molecule has 0 unspecified atom stereocenters. The van der Waals surface area contributed by atoms with Crippen molar-refractivity contribution in [1.82, 2.24) is 4.98 Å². The Hall–Kier alpha value is -3.45. The van der Waals surface area contributed by atoms with Crippen molar-refractivity contribution < 1.29 is 18.7 Å². The molecule has 3 aromatic rings. The van der Waals surface area contributed by atoms with Gasteiger partial charge in [-0.3, -0.25) is 9.59 Å². The van der Waals surface area contributed by atoms with Crippen LogP contribution in [0.15, 0.2) is 41.0 Å². The maximum absolute atomic E-state index is 12.2. The maximum Gasteiger partial charge on any atom is 0.249 e. The smallest absolute Gasteiger partial charge is 0.249 e. The molecule has 1 aromatic carbocycles. The van der Waals surface area contributed by atoms with Crippen LogP contribution >= 0.6 is 0 Å². The second-order valence-electron chi connectivity index (χ2n) is 7.23. The molecule has 1 saturated heterocycles. The number of hydrogen-bond acceptors (Lipinski definition) is 6. The summed E-state index contributed by atoms with van der Waals surface area (Å²) in [6.07, 6.45) is 2.67. The molecule has 146 valence electrons. The number of amides is 1. The van der Waals surface area contributed by atoms with Crippen LogP contribution in [0.25, 0.3) is 22.7 Å². The van der Waals surface area contributed by atoms with Gasteiger partial charge < -0.3 is 19.8 Å². The molecule has 2 aromatic heterocycles. The Morgan fingerprint density at radius 3 is 2.72 bits per heavy atom. The molecule has 7 heteroatoms. The van der Waals surface area contributed by atoms with Crippen LogP contribution in [0.4, 0.5) is 5.69 Å². The molecule has 0 spiro atoms.